The summed E-state index contributed by atoms with van der Waals surface area (Å²) < 4.78 is 5.71. The van der Waals surface area contributed by atoms with Gasteiger partial charge in [0.25, 0.3) is 0 Å². The second-order valence-electron chi connectivity index (χ2n) is 9.41. The fraction of sp³-hybridized carbons (Fsp3) is 0.519. The van der Waals surface area contributed by atoms with E-state index in [1.807, 2.05) is 38.1 Å². The second kappa shape index (κ2) is 11.9. The van der Waals surface area contributed by atoms with Gasteiger partial charge in [-0.2, -0.15) is 0 Å². The highest BCUT2D eigenvalue weighted by atomic mass is 16.6. The third-order valence-corrected chi connectivity index (χ3v) is 5.79. The summed E-state index contributed by atoms with van der Waals surface area (Å²) in [6.45, 7) is 10.7. The van der Waals surface area contributed by atoms with Gasteiger partial charge in [0.1, 0.15) is 5.60 Å². The van der Waals surface area contributed by atoms with Crippen LogP contribution in [0.2, 0.25) is 0 Å². The highest BCUT2D eigenvalue weighted by Gasteiger charge is 2.24. The van der Waals surface area contributed by atoms with E-state index in [0.29, 0.717) is 11.8 Å². The standard InChI is InChI=1S/C27H39NO3/c1-20(2)23-13-15-25(16-14-23)28-26(30)31-27(4,5)18-17-21(3)24-11-9-22(10-12-24)8-6-7-19-29/h9-16,20-21,29H,6-8,17-19H2,1-5H3,(H,28,30). The first-order chi connectivity index (χ1) is 14.7. The Morgan fingerprint density at radius 2 is 1.58 bits per heavy atom. The van der Waals surface area contributed by atoms with Crippen molar-refractivity contribution in [2.75, 3.05) is 11.9 Å². The van der Waals surface area contributed by atoms with Crippen LogP contribution in [-0.4, -0.2) is 23.4 Å². The van der Waals surface area contributed by atoms with Crippen molar-refractivity contribution in [1.82, 2.24) is 0 Å². The Kier molecular flexibility index (Phi) is 9.57. The van der Waals surface area contributed by atoms with Crippen molar-refractivity contribution in [1.29, 1.82) is 0 Å². The quantitative estimate of drug-likeness (QED) is 0.380. The number of aliphatic hydroxyl groups excluding tert-OH is 1. The van der Waals surface area contributed by atoms with Crippen LogP contribution in [0.5, 0.6) is 0 Å². The summed E-state index contributed by atoms with van der Waals surface area (Å²) in [5.41, 5.74) is 4.06. The zero-order valence-corrected chi connectivity index (χ0v) is 19.8. The van der Waals surface area contributed by atoms with Crippen LogP contribution in [0.4, 0.5) is 10.5 Å². The highest BCUT2D eigenvalue weighted by molar-refractivity contribution is 5.84. The molecule has 0 fully saturated rings. The number of carbonyl (C=O) groups excluding carboxylic acids is 1. The number of ether oxygens (including phenoxy) is 1. The number of aryl methyl sites for hydroxylation is 1. The summed E-state index contributed by atoms with van der Waals surface area (Å²) >= 11 is 0. The first-order valence-electron chi connectivity index (χ1n) is 11.5. The molecule has 0 bridgehead atoms. The van der Waals surface area contributed by atoms with Gasteiger partial charge < -0.3 is 9.84 Å². The van der Waals surface area contributed by atoms with E-state index < -0.39 is 11.7 Å². The third kappa shape index (κ3) is 8.74. The van der Waals surface area contributed by atoms with E-state index in [1.165, 1.54) is 16.7 Å². The van der Waals surface area contributed by atoms with Crippen molar-refractivity contribution >= 4 is 11.8 Å². The van der Waals surface area contributed by atoms with Gasteiger partial charge >= 0.3 is 6.09 Å². The van der Waals surface area contributed by atoms with Gasteiger partial charge in [-0.05, 0) is 86.6 Å². The van der Waals surface area contributed by atoms with Crippen LogP contribution in [0, 0.1) is 0 Å². The van der Waals surface area contributed by atoms with Gasteiger partial charge in [-0.25, -0.2) is 4.79 Å². The Hall–Kier alpha value is -2.33. The van der Waals surface area contributed by atoms with E-state index in [2.05, 4.69) is 50.4 Å². The van der Waals surface area contributed by atoms with E-state index in [0.717, 1.165) is 37.8 Å². The molecule has 0 heterocycles. The minimum Gasteiger partial charge on any atom is -0.443 e. The molecule has 31 heavy (non-hydrogen) atoms. The predicted molar refractivity (Wildman–Crippen MR) is 129 cm³/mol. The largest absolute Gasteiger partial charge is 0.443 e. The zero-order chi connectivity index (χ0) is 22.9. The Bertz CT molecular complexity index is 794. The number of hydrogen-bond acceptors (Lipinski definition) is 3. The molecule has 0 aromatic heterocycles. The number of rotatable bonds is 11. The molecule has 0 aliphatic heterocycles. The summed E-state index contributed by atoms with van der Waals surface area (Å²) in [6, 6.07) is 16.7. The van der Waals surface area contributed by atoms with Gasteiger partial charge in [-0.15, -0.1) is 0 Å². The van der Waals surface area contributed by atoms with Crippen LogP contribution in [-0.2, 0) is 11.2 Å². The van der Waals surface area contributed by atoms with Crippen molar-refractivity contribution in [2.24, 2.45) is 0 Å². The summed E-state index contributed by atoms with van der Waals surface area (Å²) in [7, 11) is 0. The lowest BCUT2D eigenvalue weighted by molar-refractivity contribution is 0.0397. The maximum Gasteiger partial charge on any atom is 0.412 e. The Morgan fingerprint density at radius 3 is 2.16 bits per heavy atom. The molecule has 0 spiro atoms. The molecule has 1 amide bonds. The molecule has 4 heteroatoms. The molecular formula is C27H39NO3. The normalized spacial score (nSPS) is 12.6. The minimum absolute atomic E-state index is 0.259. The fourth-order valence-corrected chi connectivity index (χ4v) is 3.58. The monoisotopic (exact) mass is 425 g/mol. The fourth-order valence-electron chi connectivity index (χ4n) is 3.58. The second-order valence-corrected chi connectivity index (χ2v) is 9.41. The number of hydrogen-bond donors (Lipinski definition) is 2. The lowest BCUT2D eigenvalue weighted by Gasteiger charge is -2.27. The molecule has 1 unspecified atom stereocenters. The predicted octanol–water partition coefficient (Wildman–Crippen LogP) is 7.04. The molecule has 0 aliphatic carbocycles. The van der Waals surface area contributed by atoms with E-state index in [-0.39, 0.29) is 6.61 Å². The number of anilines is 1. The lowest BCUT2D eigenvalue weighted by Crippen LogP contribution is -2.31. The molecule has 2 aromatic carbocycles. The maximum absolute atomic E-state index is 12.4. The Balaban J connectivity index is 1.81. The number of aliphatic hydroxyl groups is 1. The van der Waals surface area contributed by atoms with E-state index >= 15 is 0 Å². The summed E-state index contributed by atoms with van der Waals surface area (Å²) in [6.07, 6.45) is 4.18. The van der Waals surface area contributed by atoms with Crippen molar-refractivity contribution in [3.63, 3.8) is 0 Å². The third-order valence-electron chi connectivity index (χ3n) is 5.79. The molecule has 0 aliphatic rings. The van der Waals surface area contributed by atoms with Gasteiger partial charge in [-0.3, -0.25) is 5.32 Å². The SMILES string of the molecule is CC(C)c1ccc(NC(=O)OC(C)(C)CCC(C)c2ccc(CCCCO)cc2)cc1. The van der Waals surface area contributed by atoms with E-state index in [9.17, 15) is 4.79 Å². The Morgan fingerprint density at radius 1 is 0.968 bits per heavy atom. The average molecular weight is 426 g/mol. The van der Waals surface area contributed by atoms with Crippen LogP contribution in [0.3, 0.4) is 0 Å². The molecule has 2 rings (SSSR count). The molecule has 2 N–H and O–H groups in total. The van der Waals surface area contributed by atoms with Crippen molar-refractivity contribution in [3.8, 4) is 0 Å². The van der Waals surface area contributed by atoms with Gasteiger partial charge in [-0.1, -0.05) is 57.2 Å². The molecule has 0 saturated heterocycles. The lowest BCUT2D eigenvalue weighted by atomic mass is 9.90. The van der Waals surface area contributed by atoms with Crippen LogP contribution < -0.4 is 5.32 Å². The van der Waals surface area contributed by atoms with Crippen molar-refractivity contribution in [2.45, 2.75) is 84.2 Å². The number of benzene rings is 2. The molecule has 0 saturated carbocycles. The van der Waals surface area contributed by atoms with Gasteiger partial charge in [0.15, 0.2) is 0 Å². The van der Waals surface area contributed by atoms with Crippen LogP contribution in [0.25, 0.3) is 0 Å². The van der Waals surface area contributed by atoms with Crippen LogP contribution >= 0.6 is 0 Å². The molecular weight excluding hydrogens is 386 g/mol. The number of carbonyl (C=O) groups is 1. The maximum atomic E-state index is 12.4. The first-order valence-corrected chi connectivity index (χ1v) is 11.5. The molecule has 1 atom stereocenters. The van der Waals surface area contributed by atoms with E-state index in [4.69, 9.17) is 9.84 Å². The number of amides is 1. The highest BCUT2D eigenvalue weighted by Crippen LogP contribution is 2.27. The smallest absolute Gasteiger partial charge is 0.412 e. The molecule has 2 aromatic rings. The number of unbranched alkanes of at least 4 members (excludes halogenated alkanes) is 1. The van der Waals surface area contributed by atoms with Crippen LogP contribution in [0.15, 0.2) is 48.5 Å². The molecule has 170 valence electrons. The molecule has 4 nitrogen and oxygen atoms in total. The number of nitrogens with one attached hydrogen (secondary N) is 1. The van der Waals surface area contributed by atoms with Crippen LogP contribution in [0.1, 0.15) is 88.8 Å². The molecule has 0 radical (unpaired) electrons. The summed E-state index contributed by atoms with van der Waals surface area (Å²) in [5.74, 6) is 0.852. The van der Waals surface area contributed by atoms with Crippen molar-refractivity contribution < 1.29 is 14.6 Å². The van der Waals surface area contributed by atoms with Gasteiger partial charge in [0.2, 0.25) is 0 Å². The van der Waals surface area contributed by atoms with Gasteiger partial charge in [0, 0.05) is 12.3 Å². The van der Waals surface area contributed by atoms with E-state index in [1.54, 1.807) is 0 Å². The van der Waals surface area contributed by atoms with Crippen molar-refractivity contribution in [3.05, 3.63) is 65.2 Å². The zero-order valence-electron chi connectivity index (χ0n) is 19.8. The summed E-state index contributed by atoms with van der Waals surface area (Å²) in [5, 5.41) is 11.7. The van der Waals surface area contributed by atoms with Gasteiger partial charge in [0.05, 0.1) is 0 Å². The Labute approximate surface area is 188 Å². The average Bonchev–Trinajstić information content (AvgIpc) is 2.72. The summed E-state index contributed by atoms with van der Waals surface area (Å²) in [4.78, 5) is 12.4. The topological polar surface area (TPSA) is 58.6 Å². The first kappa shape index (κ1) is 24.9. The minimum atomic E-state index is -0.541.